The maximum atomic E-state index is 11.2. The molecule has 0 aliphatic heterocycles. The number of aryl methyl sites for hydroxylation is 4. The smallest absolute Gasteiger partial charge is 0.261 e. The van der Waals surface area contributed by atoms with Crippen LogP contribution in [0, 0.1) is 20.8 Å². The molecule has 0 atom stereocenters. The average Bonchev–Trinajstić information content (AvgIpc) is 2.65. The van der Waals surface area contributed by atoms with E-state index in [1.165, 1.54) is 0 Å². The van der Waals surface area contributed by atoms with Crippen LogP contribution >= 0.6 is 10.7 Å². The SMILES string of the molecule is Cc1cc(C)c(S(=O)(=O)Cl)c(C)c1.Cn1ccnc1. The first-order chi connectivity index (χ1) is 8.71. The number of benzene rings is 1. The monoisotopic (exact) mass is 300 g/mol. The molecule has 0 amide bonds. The van der Waals surface area contributed by atoms with Gasteiger partial charge >= 0.3 is 0 Å². The number of hydrogen-bond acceptors (Lipinski definition) is 3. The van der Waals surface area contributed by atoms with Crippen LogP contribution in [0.4, 0.5) is 0 Å². The summed E-state index contributed by atoms with van der Waals surface area (Å²) in [4.78, 5) is 4.02. The van der Waals surface area contributed by atoms with E-state index in [4.69, 9.17) is 10.7 Å². The molecule has 1 aromatic carbocycles. The van der Waals surface area contributed by atoms with Gasteiger partial charge in [0.15, 0.2) is 0 Å². The second-order valence-electron chi connectivity index (χ2n) is 4.39. The molecule has 0 N–H and O–H groups in total. The molecule has 19 heavy (non-hydrogen) atoms. The zero-order valence-electron chi connectivity index (χ0n) is 11.4. The maximum absolute atomic E-state index is 11.2. The van der Waals surface area contributed by atoms with Crippen LogP contribution in [0.1, 0.15) is 16.7 Å². The zero-order chi connectivity index (χ0) is 14.6. The third-order valence-corrected chi connectivity index (χ3v) is 4.08. The summed E-state index contributed by atoms with van der Waals surface area (Å²) >= 11 is 0. The highest BCUT2D eigenvalue weighted by atomic mass is 35.7. The van der Waals surface area contributed by atoms with Crippen LogP contribution in [0.15, 0.2) is 35.7 Å². The molecule has 0 unspecified atom stereocenters. The van der Waals surface area contributed by atoms with Crippen LogP contribution in [0.5, 0.6) is 0 Å². The Hall–Kier alpha value is -1.33. The molecule has 0 saturated carbocycles. The van der Waals surface area contributed by atoms with Crippen molar-refractivity contribution in [1.82, 2.24) is 9.55 Å². The van der Waals surface area contributed by atoms with Crippen molar-refractivity contribution in [2.24, 2.45) is 7.05 Å². The topological polar surface area (TPSA) is 52.0 Å². The summed E-state index contributed by atoms with van der Waals surface area (Å²) in [7, 11) is 3.62. The Labute approximate surface area is 118 Å². The van der Waals surface area contributed by atoms with Crippen LogP contribution in [0.25, 0.3) is 0 Å². The molecule has 104 valence electrons. The zero-order valence-corrected chi connectivity index (χ0v) is 13.0. The van der Waals surface area contributed by atoms with Gasteiger partial charge in [-0.1, -0.05) is 17.7 Å². The number of aromatic nitrogens is 2. The van der Waals surface area contributed by atoms with Crippen molar-refractivity contribution in [1.29, 1.82) is 0 Å². The Morgan fingerprint density at radius 1 is 1.16 bits per heavy atom. The second-order valence-corrected chi connectivity index (χ2v) is 6.90. The second kappa shape index (κ2) is 6.21. The van der Waals surface area contributed by atoms with Gasteiger partial charge in [0.05, 0.1) is 11.2 Å². The highest BCUT2D eigenvalue weighted by Gasteiger charge is 2.16. The first kappa shape index (κ1) is 15.7. The molecule has 0 radical (unpaired) electrons. The van der Waals surface area contributed by atoms with Crippen LogP contribution in [-0.4, -0.2) is 18.0 Å². The lowest BCUT2D eigenvalue weighted by atomic mass is 10.1. The van der Waals surface area contributed by atoms with Gasteiger partial charge in [-0.15, -0.1) is 0 Å². The fraction of sp³-hybridized carbons (Fsp3) is 0.308. The summed E-state index contributed by atoms with van der Waals surface area (Å²) in [6, 6.07) is 3.62. The summed E-state index contributed by atoms with van der Waals surface area (Å²) in [5, 5.41) is 0. The summed E-state index contributed by atoms with van der Waals surface area (Å²) in [5.74, 6) is 0. The maximum Gasteiger partial charge on any atom is 0.261 e. The van der Waals surface area contributed by atoms with Crippen LogP contribution in [0.2, 0.25) is 0 Å². The van der Waals surface area contributed by atoms with Gasteiger partial charge in [-0.05, 0) is 31.9 Å². The molecule has 2 rings (SSSR count). The first-order valence-corrected chi connectivity index (χ1v) is 7.97. The summed E-state index contributed by atoms with van der Waals surface area (Å²) < 4.78 is 24.2. The fourth-order valence-electron chi connectivity index (χ4n) is 1.88. The molecule has 6 heteroatoms. The Kier molecular flexibility index (Phi) is 5.14. The number of rotatable bonds is 1. The van der Waals surface area contributed by atoms with Crippen LogP contribution < -0.4 is 0 Å². The highest BCUT2D eigenvalue weighted by Crippen LogP contribution is 2.24. The van der Waals surface area contributed by atoms with Gasteiger partial charge in [-0.2, -0.15) is 0 Å². The van der Waals surface area contributed by atoms with Crippen molar-refractivity contribution >= 4 is 19.7 Å². The molecule has 1 heterocycles. The predicted molar refractivity (Wildman–Crippen MR) is 76.9 cm³/mol. The molecule has 2 aromatic rings. The molecule has 0 aliphatic carbocycles. The minimum absolute atomic E-state index is 0.236. The number of halogens is 1. The predicted octanol–water partition coefficient (Wildman–Crippen LogP) is 2.96. The Morgan fingerprint density at radius 3 is 1.95 bits per heavy atom. The summed E-state index contributed by atoms with van der Waals surface area (Å²) in [5.41, 5.74) is 2.44. The van der Waals surface area contributed by atoms with E-state index < -0.39 is 9.05 Å². The first-order valence-electron chi connectivity index (χ1n) is 5.66. The fourth-order valence-corrected chi connectivity index (χ4v) is 3.49. The van der Waals surface area contributed by atoms with E-state index in [2.05, 4.69) is 4.98 Å². The lowest BCUT2D eigenvalue weighted by Gasteiger charge is -2.07. The minimum atomic E-state index is -3.61. The standard InChI is InChI=1S/C9H11ClO2S.C4H6N2/c1-6-4-7(2)9(8(3)5-6)13(10,11)12;1-6-3-2-5-4-6/h4-5H,1-3H3;2-4H,1H3. The van der Waals surface area contributed by atoms with Crippen LogP contribution in [-0.2, 0) is 16.1 Å². The Bertz CT molecular complexity index is 626. The van der Waals surface area contributed by atoms with E-state index in [9.17, 15) is 8.42 Å². The van der Waals surface area contributed by atoms with Crippen molar-refractivity contribution < 1.29 is 8.42 Å². The molecule has 0 fully saturated rings. The average molecular weight is 301 g/mol. The summed E-state index contributed by atoms with van der Waals surface area (Å²) in [6.07, 6.45) is 5.39. The number of nitrogens with zero attached hydrogens (tertiary/aromatic N) is 2. The minimum Gasteiger partial charge on any atom is -0.341 e. The Balaban J connectivity index is 0.000000250. The van der Waals surface area contributed by atoms with Crippen molar-refractivity contribution in [2.45, 2.75) is 25.7 Å². The van der Waals surface area contributed by atoms with Crippen molar-refractivity contribution in [3.8, 4) is 0 Å². The van der Waals surface area contributed by atoms with Gasteiger partial charge in [0.25, 0.3) is 9.05 Å². The molecular formula is C13H17ClN2O2S. The lowest BCUT2D eigenvalue weighted by Crippen LogP contribution is -1.98. The van der Waals surface area contributed by atoms with Gasteiger partial charge in [0.2, 0.25) is 0 Å². The number of imidazole rings is 1. The largest absolute Gasteiger partial charge is 0.341 e. The molecule has 0 bridgehead atoms. The van der Waals surface area contributed by atoms with E-state index in [0.717, 1.165) is 5.56 Å². The van der Waals surface area contributed by atoms with Crippen LogP contribution in [0.3, 0.4) is 0 Å². The van der Waals surface area contributed by atoms with Gasteiger partial charge in [-0.25, -0.2) is 13.4 Å². The van der Waals surface area contributed by atoms with E-state index in [1.807, 2.05) is 36.9 Å². The van der Waals surface area contributed by atoms with E-state index in [-0.39, 0.29) is 4.90 Å². The number of hydrogen-bond donors (Lipinski definition) is 0. The van der Waals surface area contributed by atoms with Crippen molar-refractivity contribution in [2.75, 3.05) is 0 Å². The molecule has 0 spiro atoms. The summed E-state index contributed by atoms with van der Waals surface area (Å²) in [6.45, 7) is 5.41. The molecule has 0 aliphatic rings. The quantitative estimate of drug-likeness (QED) is 0.761. The van der Waals surface area contributed by atoms with Gasteiger partial charge in [0.1, 0.15) is 0 Å². The van der Waals surface area contributed by atoms with Crippen molar-refractivity contribution in [3.05, 3.63) is 47.5 Å². The highest BCUT2D eigenvalue weighted by molar-refractivity contribution is 8.13. The van der Waals surface area contributed by atoms with Gasteiger partial charge in [-0.3, -0.25) is 0 Å². The Morgan fingerprint density at radius 2 is 1.68 bits per heavy atom. The van der Waals surface area contributed by atoms with Gasteiger partial charge in [0, 0.05) is 30.1 Å². The molecule has 4 nitrogen and oxygen atoms in total. The van der Waals surface area contributed by atoms with Crippen molar-refractivity contribution in [3.63, 3.8) is 0 Å². The molecule has 1 aromatic heterocycles. The van der Waals surface area contributed by atoms with E-state index in [1.54, 1.807) is 26.4 Å². The molecular weight excluding hydrogens is 284 g/mol. The molecule has 0 saturated heterocycles. The third-order valence-electron chi connectivity index (χ3n) is 2.49. The normalized spacial score (nSPS) is 10.8. The van der Waals surface area contributed by atoms with E-state index >= 15 is 0 Å². The third kappa shape index (κ3) is 4.69. The lowest BCUT2D eigenvalue weighted by molar-refractivity contribution is 0.608. The van der Waals surface area contributed by atoms with Gasteiger partial charge < -0.3 is 4.57 Å². The van der Waals surface area contributed by atoms with E-state index in [0.29, 0.717) is 11.1 Å².